The fourth-order valence-electron chi connectivity index (χ4n) is 2.86. The second-order valence-corrected chi connectivity index (χ2v) is 6.67. The van der Waals surface area contributed by atoms with Crippen molar-refractivity contribution in [2.45, 2.75) is 26.8 Å². The fourth-order valence-corrected chi connectivity index (χ4v) is 2.86. The molecular formula is C23H32N4O3. The lowest BCUT2D eigenvalue weighted by Gasteiger charge is -2.17. The number of hydrogen-bond donors (Lipinski definition) is 2. The highest BCUT2D eigenvalue weighted by Gasteiger charge is 2.10. The maximum atomic E-state index is 12.4. The molecule has 0 aliphatic carbocycles. The molecule has 2 rings (SSSR count). The van der Waals surface area contributed by atoms with E-state index in [4.69, 9.17) is 9.47 Å². The Morgan fingerprint density at radius 1 is 1.10 bits per heavy atom. The minimum Gasteiger partial charge on any atom is -0.493 e. The Balaban J connectivity index is 1.94. The Hall–Kier alpha value is -3.22. The number of carbonyl (C=O) groups is 1. The number of aliphatic imine (C=N–C) groups is 1. The molecule has 0 aliphatic rings. The number of guanidine groups is 1. The van der Waals surface area contributed by atoms with Crippen molar-refractivity contribution < 1.29 is 14.3 Å². The largest absolute Gasteiger partial charge is 0.493 e. The normalized spacial score (nSPS) is 11.0. The van der Waals surface area contributed by atoms with Crippen LogP contribution < -0.4 is 20.1 Å². The van der Waals surface area contributed by atoms with E-state index in [0.29, 0.717) is 50.1 Å². The monoisotopic (exact) mass is 412 g/mol. The van der Waals surface area contributed by atoms with Crippen LogP contribution in [0.15, 0.2) is 53.5 Å². The highest BCUT2D eigenvalue weighted by Crippen LogP contribution is 2.30. The highest BCUT2D eigenvalue weighted by atomic mass is 16.5. The Bertz CT molecular complexity index is 824. The van der Waals surface area contributed by atoms with Gasteiger partial charge in [0.2, 0.25) is 5.91 Å². The van der Waals surface area contributed by atoms with Crippen LogP contribution in [-0.2, 0) is 11.3 Å². The number of anilines is 1. The molecule has 162 valence electrons. The van der Waals surface area contributed by atoms with Crippen LogP contribution in [0, 0.1) is 0 Å². The van der Waals surface area contributed by atoms with Crippen LogP contribution in [0.5, 0.6) is 11.5 Å². The van der Waals surface area contributed by atoms with Crippen LogP contribution in [0.1, 0.15) is 25.8 Å². The molecule has 0 unspecified atom stereocenters. The minimum absolute atomic E-state index is 0.0567. The van der Waals surface area contributed by atoms with Gasteiger partial charge in [0, 0.05) is 38.3 Å². The number of methoxy groups -OCH3 is 1. The van der Waals surface area contributed by atoms with Crippen molar-refractivity contribution in [3.63, 3.8) is 0 Å². The molecule has 2 N–H and O–H groups in total. The number of nitrogens with one attached hydrogen (secondary N) is 2. The van der Waals surface area contributed by atoms with Crippen molar-refractivity contribution >= 4 is 17.6 Å². The third kappa shape index (κ3) is 7.31. The van der Waals surface area contributed by atoms with Crippen molar-refractivity contribution in [2.24, 2.45) is 4.99 Å². The summed E-state index contributed by atoms with van der Waals surface area (Å²) in [6, 6.07) is 15.6. The van der Waals surface area contributed by atoms with Crippen LogP contribution in [-0.4, -0.2) is 50.6 Å². The van der Waals surface area contributed by atoms with Gasteiger partial charge in [-0.1, -0.05) is 30.3 Å². The summed E-state index contributed by atoms with van der Waals surface area (Å²) in [5, 5.41) is 6.44. The molecule has 0 fully saturated rings. The van der Waals surface area contributed by atoms with E-state index in [1.807, 2.05) is 69.4 Å². The minimum atomic E-state index is 0.0567. The molecule has 0 atom stereocenters. The lowest BCUT2D eigenvalue weighted by molar-refractivity contribution is -0.130. The zero-order valence-corrected chi connectivity index (χ0v) is 18.3. The zero-order valence-electron chi connectivity index (χ0n) is 18.3. The van der Waals surface area contributed by atoms with Gasteiger partial charge in [0.1, 0.15) is 0 Å². The summed E-state index contributed by atoms with van der Waals surface area (Å²) >= 11 is 0. The van der Waals surface area contributed by atoms with E-state index in [1.165, 1.54) is 0 Å². The van der Waals surface area contributed by atoms with Crippen molar-refractivity contribution in [1.82, 2.24) is 10.2 Å². The summed E-state index contributed by atoms with van der Waals surface area (Å²) in [4.78, 5) is 18.7. The van der Waals surface area contributed by atoms with Crippen molar-refractivity contribution in [2.75, 3.05) is 39.2 Å². The number of hydrogen-bond acceptors (Lipinski definition) is 4. The van der Waals surface area contributed by atoms with Gasteiger partial charge < -0.3 is 25.0 Å². The number of carbonyl (C=O) groups excluding carboxylic acids is 1. The Labute approximate surface area is 179 Å². The lowest BCUT2D eigenvalue weighted by atomic mass is 10.2. The average Bonchev–Trinajstić information content (AvgIpc) is 2.75. The quantitative estimate of drug-likeness (QED) is 0.461. The second-order valence-electron chi connectivity index (χ2n) is 6.67. The predicted octanol–water partition coefficient (Wildman–Crippen LogP) is 3.52. The van der Waals surface area contributed by atoms with Crippen LogP contribution in [0.25, 0.3) is 0 Å². The molecule has 0 bridgehead atoms. The highest BCUT2D eigenvalue weighted by molar-refractivity contribution is 5.94. The van der Waals surface area contributed by atoms with E-state index >= 15 is 0 Å². The topological polar surface area (TPSA) is 75.2 Å². The smallest absolute Gasteiger partial charge is 0.224 e. The number of amides is 1. The average molecular weight is 413 g/mol. The standard InChI is InChI=1S/C23H32N4O3/c1-5-24-23(26-19-12-13-20(30-6-2)21(16-19)29-4)25-15-14-22(28)27(3)17-18-10-8-7-9-11-18/h7-13,16H,5-6,14-15,17H2,1-4H3,(H2,24,25,26). The number of benzene rings is 2. The van der Waals surface area contributed by atoms with Gasteiger partial charge in [0.25, 0.3) is 0 Å². The number of rotatable bonds is 10. The Morgan fingerprint density at radius 2 is 1.87 bits per heavy atom. The predicted molar refractivity (Wildman–Crippen MR) is 121 cm³/mol. The molecule has 30 heavy (non-hydrogen) atoms. The van der Waals surface area contributed by atoms with Crippen molar-refractivity contribution in [3.05, 3.63) is 54.1 Å². The van der Waals surface area contributed by atoms with Gasteiger partial charge in [-0.15, -0.1) is 0 Å². The molecule has 0 spiro atoms. The molecule has 0 aliphatic heterocycles. The molecule has 7 nitrogen and oxygen atoms in total. The summed E-state index contributed by atoms with van der Waals surface area (Å²) in [5.41, 5.74) is 1.93. The van der Waals surface area contributed by atoms with Crippen LogP contribution >= 0.6 is 0 Å². The van der Waals surface area contributed by atoms with Gasteiger partial charge in [0.15, 0.2) is 17.5 Å². The van der Waals surface area contributed by atoms with E-state index in [9.17, 15) is 4.79 Å². The number of nitrogens with zero attached hydrogens (tertiary/aromatic N) is 2. The molecule has 2 aromatic carbocycles. The van der Waals surface area contributed by atoms with Gasteiger partial charge in [-0.05, 0) is 31.5 Å². The van der Waals surface area contributed by atoms with E-state index in [0.717, 1.165) is 11.3 Å². The van der Waals surface area contributed by atoms with Gasteiger partial charge in [-0.3, -0.25) is 9.79 Å². The molecule has 0 saturated carbocycles. The fraction of sp³-hybridized carbons (Fsp3) is 0.391. The summed E-state index contributed by atoms with van der Waals surface area (Å²) in [6.07, 6.45) is 0.340. The Morgan fingerprint density at radius 3 is 2.53 bits per heavy atom. The van der Waals surface area contributed by atoms with Crippen LogP contribution in [0.3, 0.4) is 0 Å². The summed E-state index contributed by atoms with van der Waals surface area (Å²) in [7, 11) is 3.42. The third-order valence-corrected chi connectivity index (χ3v) is 4.35. The molecule has 0 aromatic heterocycles. The first kappa shape index (κ1) is 23.1. The molecule has 0 radical (unpaired) electrons. The Kier molecular flexibility index (Phi) is 9.51. The molecule has 1 amide bonds. The summed E-state index contributed by atoms with van der Waals surface area (Å²) in [6.45, 7) is 6.19. The molecule has 7 heteroatoms. The van der Waals surface area contributed by atoms with Gasteiger partial charge in [-0.2, -0.15) is 0 Å². The van der Waals surface area contributed by atoms with Crippen molar-refractivity contribution in [3.8, 4) is 11.5 Å². The second kappa shape index (κ2) is 12.4. The lowest BCUT2D eigenvalue weighted by Crippen LogP contribution is -2.31. The third-order valence-electron chi connectivity index (χ3n) is 4.35. The van der Waals surface area contributed by atoms with Gasteiger partial charge in [-0.25, -0.2) is 0 Å². The first-order valence-electron chi connectivity index (χ1n) is 10.2. The van der Waals surface area contributed by atoms with E-state index in [-0.39, 0.29) is 5.91 Å². The maximum Gasteiger partial charge on any atom is 0.224 e. The maximum absolute atomic E-state index is 12.4. The van der Waals surface area contributed by atoms with Crippen molar-refractivity contribution in [1.29, 1.82) is 0 Å². The van der Waals surface area contributed by atoms with E-state index < -0.39 is 0 Å². The van der Waals surface area contributed by atoms with E-state index in [2.05, 4.69) is 15.6 Å². The van der Waals surface area contributed by atoms with Gasteiger partial charge >= 0.3 is 0 Å². The summed E-state index contributed by atoms with van der Waals surface area (Å²) in [5.74, 6) is 2.01. The number of ether oxygens (including phenoxy) is 2. The van der Waals surface area contributed by atoms with Gasteiger partial charge in [0.05, 0.1) is 20.3 Å². The molecule has 0 heterocycles. The molecule has 2 aromatic rings. The van der Waals surface area contributed by atoms with E-state index in [1.54, 1.807) is 12.0 Å². The first-order chi connectivity index (χ1) is 14.6. The molecule has 0 saturated heterocycles. The molecular weight excluding hydrogens is 380 g/mol. The van der Waals surface area contributed by atoms with Crippen LogP contribution in [0.4, 0.5) is 5.69 Å². The first-order valence-corrected chi connectivity index (χ1v) is 10.2. The van der Waals surface area contributed by atoms with Crippen LogP contribution in [0.2, 0.25) is 0 Å². The summed E-state index contributed by atoms with van der Waals surface area (Å²) < 4.78 is 10.9. The SMILES string of the molecule is CCNC(=NCCC(=O)N(C)Cc1ccccc1)Nc1ccc(OCC)c(OC)c1. The zero-order chi connectivity index (χ0) is 21.8.